The zero-order chi connectivity index (χ0) is 19.5. The van der Waals surface area contributed by atoms with E-state index < -0.39 is 0 Å². The van der Waals surface area contributed by atoms with Crippen molar-refractivity contribution in [2.24, 2.45) is 9.98 Å². The Morgan fingerprint density at radius 1 is 0.778 bits per heavy atom. The van der Waals surface area contributed by atoms with Crippen LogP contribution in [0.5, 0.6) is 0 Å². The van der Waals surface area contributed by atoms with Gasteiger partial charge in [-0.15, -0.1) is 0 Å². The number of hydrogen-bond donors (Lipinski definition) is 0. The molecule has 0 fully saturated rings. The Morgan fingerprint density at radius 2 is 1.15 bits per heavy atom. The number of aliphatic imine (C=N–C) groups is 2. The summed E-state index contributed by atoms with van der Waals surface area (Å²) >= 11 is 0.194. The first kappa shape index (κ1) is 21.5. The molecule has 0 amide bonds. The molecule has 2 aromatic rings. The monoisotopic (exact) mass is 443 g/mol. The number of rotatable bonds is 4. The van der Waals surface area contributed by atoms with E-state index in [2.05, 4.69) is 22.1 Å². The second-order valence-corrected chi connectivity index (χ2v) is 7.47. The van der Waals surface area contributed by atoms with E-state index in [-0.39, 0.29) is 13.1 Å². The van der Waals surface area contributed by atoms with Crippen molar-refractivity contribution in [2.45, 2.75) is 20.3 Å². The molecule has 6 heteroatoms. The van der Waals surface area contributed by atoms with Gasteiger partial charge in [-0.2, -0.15) is 0 Å². The van der Waals surface area contributed by atoms with Gasteiger partial charge in [-0.3, -0.25) is 0 Å². The molecule has 2 aromatic carbocycles. The van der Waals surface area contributed by atoms with Crippen LogP contribution in [0.2, 0.25) is 0 Å². The summed E-state index contributed by atoms with van der Waals surface area (Å²) in [4.78, 5) is 9.30. The van der Waals surface area contributed by atoms with E-state index in [1.807, 2.05) is 74.5 Å². The minimum atomic E-state index is 0.194. The van der Waals surface area contributed by atoms with E-state index in [1.54, 1.807) is 0 Å². The maximum atomic E-state index is 4.76. The molecule has 0 atom stereocenters. The average Bonchev–Trinajstić information content (AvgIpc) is 2.70. The van der Waals surface area contributed by atoms with Crippen molar-refractivity contribution in [1.29, 1.82) is 0 Å². The zero-order valence-corrected chi connectivity index (χ0v) is 17.7. The Hall–Kier alpha value is -1.84. The number of nitrogens with zero attached hydrogens (tertiary/aromatic N) is 2. The van der Waals surface area contributed by atoms with Gasteiger partial charge in [0, 0.05) is 18.6 Å². The molecule has 0 aliphatic carbocycles. The van der Waals surface area contributed by atoms with E-state index in [0.717, 1.165) is 40.7 Å². The molecule has 0 aromatic heterocycles. The number of aliphatic hydroxyl groups is 2. The van der Waals surface area contributed by atoms with Gasteiger partial charge >= 0.3 is 33.3 Å². The standard InChI is InChI=1S/C21H20N2O.2ClH.Fe/c1-16(22-18-10-5-3-6-11-18)20-14-9-15-21(24-20)17(2)23-19-12-7-4-8-13-19;;;/h3-8,10-15H,9H2,1-2H3;2*1H;/q;;;+2/p-1. The van der Waals surface area contributed by atoms with Gasteiger partial charge in [0.25, 0.3) is 11.5 Å². The molecule has 3 rings (SSSR count). The van der Waals surface area contributed by atoms with Crippen LogP contribution in [0, 0.1) is 0 Å². The van der Waals surface area contributed by atoms with Gasteiger partial charge < -0.3 is 4.74 Å². The Kier molecular flexibility index (Phi) is 9.37. The number of benzene rings is 2. The maximum absolute atomic E-state index is 4.76. The van der Waals surface area contributed by atoms with Crippen LogP contribution in [0.4, 0.5) is 11.4 Å². The first-order valence-corrected chi connectivity index (χ1v) is 11.4. The minimum absolute atomic E-state index is 0.194. The van der Waals surface area contributed by atoms with Crippen molar-refractivity contribution in [2.75, 3.05) is 0 Å². The molecule has 142 valence electrons. The first-order valence-electron chi connectivity index (χ1n) is 8.32. The van der Waals surface area contributed by atoms with Crippen LogP contribution in [0.1, 0.15) is 20.3 Å². The summed E-state index contributed by atoms with van der Waals surface area (Å²) in [7, 11) is 9.53. The number of halogens is 2. The zero-order valence-electron chi connectivity index (χ0n) is 15.1. The predicted molar refractivity (Wildman–Crippen MR) is 114 cm³/mol. The molecule has 0 saturated heterocycles. The summed E-state index contributed by atoms with van der Waals surface area (Å²) in [5.41, 5.74) is 3.72. The molecule has 1 aliphatic heterocycles. The normalized spacial score (nSPS) is 14.5. The second-order valence-electron chi connectivity index (χ2n) is 5.64. The summed E-state index contributed by atoms with van der Waals surface area (Å²) in [6.07, 6.45) is 5.04. The van der Waals surface area contributed by atoms with Crippen molar-refractivity contribution in [3.8, 4) is 0 Å². The van der Waals surface area contributed by atoms with Crippen LogP contribution in [0.25, 0.3) is 0 Å². The molecule has 1 heterocycles. The van der Waals surface area contributed by atoms with Gasteiger partial charge in [-0.05, 0) is 38.1 Å². The van der Waals surface area contributed by atoms with E-state index in [0.29, 0.717) is 0 Å². The van der Waals surface area contributed by atoms with E-state index in [4.69, 9.17) is 24.9 Å². The molecular formula is C21H21Cl2FeN2O+. The van der Waals surface area contributed by atoms with Crippen LogP contribution >= 0.6 is 20.2 Å². The van der Waals surface area contributed by atoms with Crippen LogP contribution in [0.3, 0.4) is 0 Å². The molecular weight excluding hydrogens is 423 g/mol. The summed E-state index contributed by atoms with van der Waals surface area (Å²) in [5.74, 6) is 1.83. The Balaban J connectivity index is 0.000000817. The van der Waals surface area contributed by atoms with Gasteiger partial charge in [0.05, 0.1) is 11.4 Å². The molecule has 0 unspecified atom stereocenters. The fraction of sp³-hybridized carbons (Fsp3) is 0.143. The topological polar surface area (TPSA) is 37.5 Å². The average molecular weight is 444 g/mol. The molecule has 0 bridgehead atoms. The number of allylic oxidation sites excluding steroid dienone is 4. The Bertz CT molecular complexity index is 778. The molecule has 0 saturated carbocycles. The molecule has 1 aliphatic rings. The second kappa shape index (κ2) is 11.8. The summed E-state index contributed by atoms with van der Waals surface area (Å²) in [6.45, 7) is 3.99. The number of hydrogen-bond acceptors (Lipinski definition) is 2. The van der Waals surface area contributed by atoms with Crippen molar-refractivity contribution >= 4 is 43.0 Å². The molecule has 0 spiro atoms. The third-order valence-corrected chi connectivity index (χ3v) is 3.71. The van der Waals surface area contributed by atoms with E-state index in [1.165, 1.54) is 0 Å². The molecule has 3 nitrogen and oxygen atoms in total. The van der Waals surface area contributed by atoms with Gasteiger partial charge in [0.2, 0.25) is 0 Å². The van der Waals surface area contributed by atoms with Gasteiger partial charge in [-0.1, -0.05) is 36.4 Å². The first-order chi connectivity index (χ1) is 13.1. The van der Waals surface area contributed by atoms with Gasteiger partial charge in [0.15, 0.2) is 0 Å². The number of ether oxygens (including phenoxy) is 1. The van der Waals surface area contributed by atoms with Crippen molar-refractivity contribution in [3.05, 3.63) is 84.3 Å². The van der Waals surface area contributed by atoms with Crippen molar-refractivity contribution < 1.29 is 17.9 Å². The van der Waals surface area contributed by atoms with Crippen LogP contribution in [-0.4, -0.2) is 16.2 Å². The van der Waals surface area contributed by atoms with Crippen LogP contribution in [-0.2, 0) is 13.1 Å². The predicted octanol–water partition coefficient (Wildman–Crippen LogP) is 7.21. The van der Waals surface area contributed by atoms with Gasteiger partial charge in [0.1, 0.15) is 11.4 Å². The fourth-order valence-electron chi connectivity index (χ4n) is 2.47. The van der Waals surface area contributed by atoms with Crippen LogP contribution < -0.4 is 0 Å². The molecule has 1 N–H and O–H groups in total. The third kappa shape index (κ3) is 7.36. The van der Waals surface area contributed by atoms with E-state index in [9.17, 15) is 0 Å². The summed E-state index contributed by atoms with van der Waals surface area (Å²) in [6, 6.07) is 19.9. The third-order valence-electron chi connectivity index (χ3n) is 3.71. The van der Waals surface area contributed by atoms with Crippen LogP contribution in [0.15, 0.2) is 94.3 Å². The van der Waals surface area contributed by atoms with Gasteiger partial charge in [-0.25, -0.2) is 9.98 Å². The Labute approximate surface area is 175 Å². The molecule has 0 radical (unpaired) electrons. The van der Waals surface area contributed by atoms with Crippen molar-refractivity contribution in [1.82, 2.24) is 0 Å². The van der Waals surface area contributed by atoms with E-state index >= 15 is 0 Å². The number of para-hydroxylation sites is 2. The summed E-state index contributed by atoms with van der Waals surface area (Å²) < 4.78 is 4.73. The SMILES string of the molecule is CC(=Nc1ccccc1)C1=CCC=C(C(C)=Nc2ccccc2)[OH+]1.[Cl][Fe][Cl]. The van der Waals surface area contributed by atoms with Crippen molar-refractivity contribution in [3.63, 3.8) is 0 Å². The Morgan fingerprint density at radius 3 is 1.52 bits per heavy atom. The summed E-state index contributed by atoms with van der Waals surface area (Å²) in [5, 5.41) is 0. The quantitative estimate of drug-likeness (QED) is 0.272. The fourth-order valence-corrected chi connectivity index (χ4v) is 2.47. The molecule has 27 heavy (non-hydrogen) atoms.